The summed E-state index contributed by atoms with van der Waals surface area (Å²) in [5.41, 5.74) is 2.24. The summed E-state index contributed by atoms with van der Waals surface area (Å²) in [6.07, 6.45) is 7.33. The molecule has 0 unspecified atom stereocenters. The number of rotatable bonds is 4. The molecule has 78 valence electrons. The van der Waals surface area contributed by atoms with Crippen molar-refractivity contribution in [3.8, 4) is 5.69 Å². The van der Waals surface area contributed by atoms with Crippen molar-refractivity contribution in [3.63, 3.8) is 0 Å². The lowest BCUT2D eigenvalue weighted by Crippen LogP contribution is -2.14. The minimum atomic E-state index is 0.841. The van der Waals surface area contributed by atoms with Crippen molar-refractivity contribution in [2.24, 2.45) is 0 Å². The summed E-state index contributed by atoms with van der Waals surface area (Å²) < 4.78 is 1.83. The highest BCUT2D eigenvalue weighted by atomic mass is 15.3. The molecule has 0 fully saturated rings. The number of aromatic nitrogens is 3. The monoisotopic (exact) mass is 202 g/mol. The average molecular weight is 202 g/mol. The summed E-state index contributed by atoms with van der Waals surface area (Å²) in [5.74, 6) is 0. The van der Waals surface area contributed by atoms with Gasteiger partial charge in [0.25, 0.3) is 0 Å². The Balaban J connectivity index is 2.30. The molecule has 0 atom stereocenters. The van der Waals surface area contributed by atoms with E-state index < -0.39 is 0 Å². The van der Waals surface area contributed by atoms with Crippen LogP contribution in [-0.2, 0) is 6.54 Å². The third kappa shape index (κ3) is 2.22. The van der Waals surface area contributed by atoms with E-state index in [1.54, 1.807) is 12.4 Å². The van der Waals surface area contributed by atoms with Gasteiger partial charge in [0.05, 0.1) is 11.9 Å². The Hall–Kier alpha value is -1.68. The van der Waals surface area contributed by atoms with Gasteiger partial charge in [-0.3, -0.25) is 4.98 Å². The summed E-state index contributed by atoms with van der Waals surface area (Å²) in [7, 11) is 0. The Morgan fingerprint density at radius 2 is 2.33 bits per heavy atom. The Morgan fingerprint density at radius 3 is 3.07 bits per heavy atom. The van der Waals surface area contributed by atoms with Crippen molar-refractivity contribution in [2.45, 2.75) is 13.5 Å². The summed E-state index contributed by atoms with van der Waals surface area (Å²) >= 11 is 0. The van der Waals surface area contributed by atoms with Crippen molar-refractivity contribution in [2.75, 3.05) is 6.54 Å². The maximum absolute atomic E-state index is 4.20. The van der Waals surface area contributed by atoms with Gasteiger partial charge in [-0.1, -0.05) is 6.92 Å². The summed E-state index contributed by atoms with van der Waals surface area (Å²) in [6.45, 7) is 3.89. The van der Waals surface area contributed by atoms with Gasteiger partial charge in [0, 0.05) is 25.1 Å². The highest BCUT2D eigenvalue weighted by Crippen LogP contribution is 2.11. The van der Waals surface area contributed by atoms with Crippen molar-refractivity contribution in [3.05, 3.63) is 42.5 Å². The summed E-state index contributed by atoms with van der Waals surface area (Å²) in [6, 6.07) is 3.92. The second-order valence-corrected chi connectivity index (χ2v) is 3.24. The lowest BCUT2D eigenvalue weighted by atomic mass is 10.2. The number of nitrogens with zero attached hydrogens (tertiary/aromatic N) is 3. The van der Waals surface area contributed by atoms with E-state index in [4.69, 9.17) is 0 Å². The maximum Gasteiger partial charge on any atom is 0.0873 e. The minimum absolute atomic E-state index is 0.841. The van der Waals surface area contributed by atoms with Crippen LogP contribution in [0.15, 0.2) is 36.9 Å². The zero-order chi connectivity index (χ0) is 10.5. The van der Waals surface area contributed by atoms with E-state index in [2.05, 4.69) is 22.3 Å². The molecule has 15 heavy (non-hydrogen) atoms. The predicted octanol–water partition coefficient (Wildman–Crippen LogP) is 1.38. The van der Waals surface area contributed by atoms with Gasteiger partial charge in [0.2, 0.25) is 0 Å². The highest BCUT2D eigenvalue weighted by Gasteiger charge is 2.03. The van der Waals surface area contributed by atoms with Gasteiger partial charge < -0.3 is 5.32 Å². The lowest BCUT2D eigenvalue weighted by molar-refractivity contribution is 0.715. The number of pyridine rings is 1. The molecule has 1 N–H and O–H groups in total. The first-order chi connectivity index (χ1) is 7.42. The number of nitrogens with one attached hydrogen (secondary N) is 1. The average Bonchev–Trinajstić information content (AvgIpc) is 2.80. The van der Waals surface area contributed by atoms with Crippen molar-refractivity contribution >= 4 is 0 Å². The van der Waals surface area contributed by atoms with Crippen LogP contribution in [-0.4, -0.2) is 21.3 Å². The van der Waals surface area contributed by atoms with Gasteiger partial charge in [-0.15, -0.1) is 0 Å². The second kappa shape index (κ2) is 4.70. The van der Waals surface area contributed by atoms with Crippen LogP contribution in [0.4, 0.5) is 0 Å². The first kappa shape index (κ1) is 9.86. The quantitative estimate of drug-likeness (QED) is 0.814. The minimum Gasteiger partial charge on any atom is -0.313 e. The molecule has 0 aromatic carbocycles. The highest BCUT2D eigenvalue weighted by molar-refractivity contribution is 5.37. The number of hydrogen-bond acceptors (Lipinski definition) is 3. The van der Waals surface area contributed by atoms with Gasteiger partial charge in [0.1, 0.15) is 0 Å². The molecule has 2 aromatic heterocycles. The zero-order valence-corrected chi connectivity index (χ0v) is 8.72. The predicted molar refractivity (Wildman–Crippen MR) is 58.7 cm³/mol. The van der Waals surface area contributed by atoms with Crippen molar-refractivity contribution in [1.29, 1.82) is 0 Å². The van der Waals surface area contributed by atoms with E-state index >= 15 is 0 Å². The normalized spacial score (nSPS) is 10.5. The van der Waals surface area contributed by atoms with E-state index in [1.165, 1.54) is 5.56 Å². The first-order valence-electron chi connectivity index (χ1n) is 5.05. The van der Waals surface area contributed by atoms with E-state index in [0.29, 0.717) is 0 Å². The van der Waals surface area contributed by atoms with E-state index in [-0.39, 0.29) is 0 Å². The van der Waals surface area contributed by atoms with Crippen LogP contribution < -0.4 is 5.32 Å². The van der Waals surface area contributed by atoms with Crippen molar-refractivity contribution in [1.82, 2.24) is 20.1 Å². The lowest BCUT2D eigenvalue weighted by Gasteiger charge is -2.08. The third-order valence-electron chi connectivity index (χ3n) is 2.20. The molecule has 0 spiro atoms. The molecule has 0 aliphatic carbocycles. The van der Waals surface area contributed by atoms with Gasteiger partial charge in [-0.25, -0.2) is 4.68 Å². The Morgan fingerprint density at radius 1 is 1.40 bits per heavy atom. The second-order valence-electron chi connectivity index (χ2n) is 3.24. The SMILES string of the molecule is CCNCc1ccncc1-n1cccn1. The van der Waals surface area contributed by atoms with Gasteiger partial charge in [-0.05, 0) is 24.2 Å². The van der Waals surface area contributed by atoms with E-state index in [1.807, 2.05) is 29.2 Å². The molecule has 2 rings (SSSR count). The molecule has 2 aromatic rings. The fourth-order valence-electron chi connectivity index (χ4n) is 1.44. The molecule has 0 amide bonds. The molecule has 4 heteroatoms. The molecule has 0 aliphatic heterocycles. The molecule has 0 bridgehead atoms. The van der Waals surface area contributed by atoms with Crippen LogP contribution in [0.5, 0.6) is 0 Å². The summed E-state index contributed by atoms with van der Waals surface area (Å²) in [4.78, 5) is 4.12. The largest absolute Gasteiger partial charge is 0.313 e. The van der Waals surface area contributed by atoms with Crippen LogP contribution in [0.25, 0.3) is 5.69 Å². The van der Waals surface area contributed by atoms with Gasteiger partial charge in [-0.2, -0.15) is 5.10 Å². The fraction of sp³-hybridized carbons (Fsp3) is 0.273. The molecule has 0 radical (unpaired) electrons. The van der Waals surface area contributed by atoms with Crippen LogP contribution >= 0.6 is 0 Å². The smallest absolute Gasteiger partial charge is 0.0873 e. The zero-order valence-electron chi connectivity index (χ0n) is 8.72. The standard InChI is InChI=1S/C11H14N4/c1-2-12-8-10-4-6-13-9-11(10)15-7-3-5-14-15/h3-7,9,12H,2,8H2,1H3. The third-order valence-corrected chi connectivity index (χ3v) is 2.20. The molecule has 0 aliphatic rings. The van der Waals surface area contributed by atoms with E-state index in [0.717, 1.165) is 18.8 Å². The fourth-order valence-corrected chi connectivity index (χ4v) is 1.44. The van der Waals surface area contributed by atoms with Crippen molar-refractivity contribution < 1.29 is 0 Å². The van der Waals surface area contributed by atoms with Gasteiger partial charge in [0.15, 0.2) is 0 Å². The molecular weight excluding hydrogens is 188 g/mol. The Bertz CT molecular complexity index is 408. The molecular formula is C11H14N4. The van der Waals surface area contributed by atoms with Crippen LogP contribution in [0.3, 0.4) is 0 Å². The summed E-state index contributed by atoms with van der Waals surface area (Å²) in [5, 5.41) is 7.50. The molecule has 0 saturated heterocycles. The first-order valence-corrected chi connectivity index (χ1v) is 5.05. The maximum atomic E-state index is 4.20. The van der Waals surface area contributed by atoms with Crippen LogP contribution in [0.1, 0.15) is 12.5 Å². The van der Waals surface area contributed by atoms with Gasteiger partial charge >= 0.3 is 0 Å². The van der Waals surface area contributed by atoms with Crippen LogP contribution in [0, 0.1) is 0 Å². The molecule has 4 nitrogen and oxygen atoms in total. The van der Waals surface area contributed by atoms with Crippen LogP contribution in [0.2, 0.25) is 0 Å². The Labute approximate surface area is 89.0 Å². The molecule has 2 heterocycles. The topological polar surface area (TPSA) is 42.7 Å². The molecule has 0 saturated carbocycles. The Kier molecular flexibility index (Phi) is 3.09. The van der Waals surface area contributed by atoms with E-state index in [9.17, 15) is 0 Å². The number of hydrogen-bond donors (Lipinski definition) is 1.